The van der Waals surface area contributed by atoms with Crippen molar-refractivity contribution in [1.29, 1.82) is 0 Å². The summed E-state index contributed by atoms with van der Waals surface area (Å²) < 4.78 is 6.35. The molecule has 0 unspecified atom stereocenters. The Bertz CT molecular complexity index is 248. The molecule has 2 atom stereocenters. The quantitative estimate of drug-likeness (QED) is 0.752. The van der Waals surface area contributed by atoms with Crippen molar-refractivity contribution in [3.8, 4) is 0 Å². The van der Waals surface area contributed by atoms with E-state index in [9.17, 15) is 5.11 Å². The Kier molecular flexibility index (Phi) is 6.59. The smallest absolute Gasteiger partial charge is 0.184 e. The zero-order valence-electron chi connectivity index (χ0n) is 12.4. The third kappa shape index (κ3) is 6.33. The molecule has 0 aromatic rings. The standard InChI is InChI=1S/C13H28O2S2Si/c1-11(14)9-13(16-7-6-8-17-13)10-12(2)15-18(3,4)5/h11-12,14H,6-10H2,1-5H3/t11-,12-/m1/s1. The second kappa shape index (κ2) is 7.02. The Balaban J connectivity index is 2.60. The topological polar surface area (TPSA) is 29.5 Å². The number of aliphatic hydroxyl groups is 1. The van der Waals surface area contributed by atoms with E-state index in [4.69, 9.17) is 4.43 Å². The number of thioether (sulfide) groups is 2. The summed E-state index contributed by atoms with van der Waals surface area (Å²) in [7, 11) is -1.46. The fourth-order valence-corrected chi connectivity index (χ4v) is 7.52. The first kappa shape index (κ1) is 16.9. The lowest BCUT2D eigenvalue weighted by Gasteiger charge is -2.40. The van der Waals surface area contributed by atoms with E-state index >= 15 is 0 Å². The molecule has 0 amide bonds. The van der Waals surface area contributed by atoms with Gasteiger partial charge in [-0.2, -0.15) is 0 Å². The summed E-state index contributed by atoms with van der Waals surface area (Å²) in [4.78, 5) is 0. The van der Waals surface area contributed by atoms with Gasteiger partial charge >= 0.3 is 0 Å². The van der Waals surface area contributed by atoms with Crippen LogP contribution in [0.5, 0.6) is 0 Å². The average molecular weight is 309 g/mol. The molecule has 1 aliphatic rings. The minimum absolute atomic E-state index is 0.172. The van der Waals surface area contributed by atoms with Crippen LogP contribution in [0.25, 0.3) is 0 Å². The van der Waals surface area contributed by atoms with Gasteiger partial charge in [-0.3, -0.25) is 0 Å². The Labute approximate surface area is 122 Å². The molecule has 0 aromatic heterocycles. The Morgan fingerprint density at radius 1 is 1.17 bits per heavy atom. The molecule has 5 heteroatoms. The van der Waals surface area contributed by atoms with Gasteiger partial charge in [-0.25, -0.2) is 0 Å². The molecular weight excluding hydrogens is 280 g/mol. The van der Waals surface area contributed by atoms with Crippen molar-refractivity contribution in [2.45, 2.75) is 69.0 Å². The Morgan fingerprint density at radius 2 is 1.72 bits per heavy atom. The van der Waals surface area contributed by atoms with Crippen LogP contribution in [0.4, 0.5) is 0 Å². The zero-order chi connectivity index (χ0) is 13.8. The van der Waals surface area contributed by atoms with Crippen LogP contribution in [0.15, 0.2) is 0 Å². The molecule has 0 saturated carbocycles. The monoisotopic (exact) mass is 308 g/mol. The van der Waals surface area contributed by atoms with E-state index in [-0.39, 0.29) is 10.2 Å². The third-order valence-electron chi connectivity index (χ3n) is 2.78. The second-order valence-corrected chi connectivity index (χ2v) is 13.9. The molecule has 1 aliphatic heterocycles. The van der Waals surface area contributed by atoms with Crippen LogP contribution < -0.4 is 0 Å². The number of aliphatic hydroxyl groups excluding tert-OH is 1. The minimum atomic E-state index is -1.46. The van der Waals surface area contributed by atoms with E-state index in [0.29, 0.717) is 6.10 Å². The lowest BCUT2D eigenvalue weighted by molar-refractivity contribution is 0.158. The highest BCUT2D eigenvalue weighted by Gasteiger charge is 2.37. The highest BCUT2D eigenvalue weighted by Crippen LogP contribution is 2.49. The first-order valence-electron chi connectivity index (χ1n) is 6.86. The summed E-state index contributed by atoms with van der Waals surface area (Å²) in [5.74, 6) is 2.44. The maximum absolute atomic E-state index is 9.76. The van der Waals surface area contributed by atoms with Gasteiger partial charge in [0.2, 0.25) is 0 Å². The van der Waals surface area contributed by atoms with Crippen LogP contribution >= 0.6 is 23.5 Å². The van der Waals surface area contributed by atoms with Gasteiger partial charge in [0.15, 0.2) is 8.32 Å². The van der Waals surface area contributed by atoms with Gasteiger partial charge in [0.1, 0.15) is 0 Å². The number of hydrogen-bond acceptors (Lipinski definition) is 4. The van der Waals surface area contributed by atoms with Crippen LogP contribution in [0.3, 0.4) is 0 Å². The van der Waals surface area contributed by atoms with Crippen molar-refractivity contribution in [1.82, 2.24) is 0 Å². The van der Waals surface area contributed by atoms with Crippen molar-refractivity contribution in [3.63, 3.8) is 0 Å². The lowest BCUT2D eigenvalue weighted by atomic mass is 10.1. The maximum Gasteiger partial charge on any atom is 0.184 e. The van der Waals surface area contributed by atoms with Crippen LogP contribution in [0.1, 0.15) is 33.1 Å². The van der Waals surface area contributed by atoms with Gasteiger partial charge in [0.05, 0.1) is 10.2 Å². The predicted octanol–water partition coefficient (Wildman–Crippen LogP) is 3.95. The summed E-state index contributed by atoms with van der Waals surface area (Å²) >= 11 is 4.06. The molecule has 0 spiro atoms. The normalized spacial score (nSPS) is 23.7. The van der Waals surface area contributed by atoms with Crippen molar-refractivity contribution < 1.29 is 9.53 Å². The number of rotatable bonds is 6. The summed E-state index contributed by atoms with van der Waals surface area (Å²) in [6, 6.07) is 0. The van der Waals surface area contributed by atoms with Gasteiger partial charge < -0.3 is 9.53 Å². The summed E-state index contributed by atoms with van der Waals surface area (Å²) in [5.41, 5.74) is 0. The molecular formula is C13H28O2S2Si. The minimum Gasteiger partial charge on any atom is -0.415 e. The average Bonchev–Trinajstić information content (AvgIpc) is 2.13. The van der Waals surface area contributed by atoms with Crippen LogP contribution in [0.2, 0.25) is 19.6 Å². The Morgan fingerprint density at radius 3 is 2.17 bits per heavy atom. The molecule has 1 rings (SSSR count). The zero-order valence-corrected chi connectivity index (χ0v) is 15.0. The SMILES string of the molecule is C[C@H](CC1(C[C@@H](C)O)SCCCS1)O[Si](C)(C)C. The van der Waals surface area contributed by atoms with E-state index in [1.54, 1.807) is 0 Å². The van der Waals surface area contributed by atoms with Crippen molar-refractivity contribution in [3.05, 3.63) is 0 Å². The van der Waals surface area contributed by atoms with Crippen LogP contribution in [-0.4, -0.2) is 41.2 Å². The van der Waals surface area contributed by atoms with Gasteiger partial charge in [-0.1, -0.05) is 0 Å². The summed E-state index contributed by atoms with van der Waals surface area (Å²) in [6.07, 6.45) is 3.30. The maximum atomic E-state index is 9.76. The fourth-order valence-electron chi connectivity index (χ4n) is 2.47. The second-order valence-electron chi connectivity index (χ2n) is 6.26. The first-order valence-corrected chi connectivity index (χ1v) is 12.2. The molecule has 2 nitrogen and oxygen atoms in total. The molecule has 0 bridgehead atoms. The third-order valence-corrected chi connectivity index (χ3v) is 7.30. The van der Waals surface area contributed by atoms with E-state index in [1.165, 1.54) is 17.9 Å². The molecule has 1 heterocycles. The van der Waals surface area contributed by atoms with Crippen molar-refractivity contribution >= 4 is 31.8 Å². The molecule has 0 aliphatic carbocycles. The first-order chi connectivity index (χ1) is 8.22. The van der Waals surface area contributed by atoms with E-state index in [2.05, 4.69) is 26.6 Å². The molecule has 1 fully saturated rings. The summed E-state index contributed by atoms with van der Waals surface area (Å²) in [6.45, 7) is 10.8. The van der Waals surface area contributed by atoms with Crippen molar-refractivity contribution in [2.24, 2.45) is 0 Å². The molecule has 0 radical (unpaired) electrons. The largest absolute Gasteiger partial charge is 0.415 e. The van der Waals surface area contributed by atoms with Crippen LogP contribution in [0, 0.1) is 0 Å². The highest BCUT2D eigenvalue weighted by atomic mass is 32.2. The molecule has 108 valence electrons. The van der Waals surface area contributed by atoms with E-state index < -0.39 is 8.32 Å². The van der Waals surface area contributed by atoms with Gasteiger partial charge in [-0.15, -0.1) is 23.5 Å². The lowest BCUT2D eigenvalue weighted by Crippen LogP contribution is -2.37. The van der Waals surface area contributed by atoms with Gasteiger partial charge in [0.25, 0.3) is 0 Å². The summed E-state index contributed by atoms with van der Waals surface area (Å²) in [5, 5.41) is 9.76. The van der Waals surface area contributed by atoms with E-state index in [0.717, 1.165) is 12.8 Å². The highest BCUT2D eigenvalue weighted by molar-refractivity contribution is 8.18. The Hall–Kier alpha value is 0.837. The molecule has 0 aromatic carbocycles. The fraction of sp³-hybridized carbons (Fsp3) is 1.00. The van der Waals surface area contributed by atoms with Crippen molar-refractivity contribution in [2.75, 3.05) is 11.5 Å². The molecule has 18 heavy (non-hydrogen) atoms. The predicted molar refractivity (Wildman–Crippen MR) is 87.1 cm³/mol. The number of hydrogen-bond donors (Lipinski definition) is 1. The molecule has 1 saturated heterocycles. The van der Waals surface area contributed by atoms with Gasteiger partial charge in [0, 0.05) is 6.10 Å². The van der Waals surface area contributed by atoms with Crippen LogP contribution in [-0.2, 0) is 4.43 Å². The molecule has 1 N–H and O–H groups in total. The van der Waals surface area contributed by atoms with E-state index in [1.807, 2.05) is 30.4 Å². The van der Waals surface area contributed by atoms with Gasteiger partial charge in [-0.05, 0) is 64.3 Å².